The third-order valence-corrected chi connectivity index (χ3v) is 2.26. The lowest BCUT2D eigenvalue weighted by molar-refractivity contribution is -0.146. The van der Waals surface area contributed by atoms with E-state index in [4.69, 9.17) is 15.2 Å². The molecule has 0 aliphatic heterocycles. The SMILES string of the molecule is CCOCCOC(=O)C(N)CCSC. The van der Waals surface area contributed by atoms with Crippen molar-refractivity contribution in [2.45, 2.75) is 19.4 Å². The quantitative estimate of drug-likeness (QED) is 0.481. The van der Waals surface area contributed by atoms with Gasteiger partial charge in [-0.1, -0.05) is 0 Å². The maximum Gasteiger partial charge on any atom is 0.323 e. The van der Waals surface area contributed by atoms with E-state index < -0.39 is 6.04 Å². The van der Waals surface area contributed by atoms with Gasteiger partial charge in [-0.15, -0.1) is 0 Å². The number of hydrogen-bond donors (Lipinski definition) is 1. The molecule has 0 aliphatic rings. The fourth-order valence-electron chi connectivity index (χ4n) is 0.815. The average molecular weight is 221 g/mol. The highest BCUT2D eigenvalue weighted by molar-refractivity contribution is 7.98. The molecule has 0 heterocycles. The van der Waals surface area contributed by atoms with E-state index in [1.165, 1.54) is 0 Å². The summed E-state index contributed by atoms with van der Waals surface area (Å²) in [5.41, 5.74) is 5.59. The zero-order chi connectivity index (χ0) is 10.8. The van der Waals surface area contributed by atoms with E-state index in [-0.39, 0.29) is 5.97 Å². The van der Waals surface area contributed by atoms with Gasteiger partial charge >= 0.3 is 5.97 Å². The summed E-state index contributed by atoms with van der Waals surface area (Å²) in [6.45, 7) is 3.26. The topological polar surface area (TPSA) is 61.5 Å². The number of carbonyl (C=O) groups is 1. The van der Waals surface area contributed by atoms with Crippen LogP contribution in [0, 0.1) is 0 Å². The van der Waals surface area contributed by atoms with Gasteiger partial charge in [0, 0.05) is 6.61 Å². The number of ether oxygens (including phenoxy) is 2. The first-order valence-corrected chi connectivity index (χ1v) is 6.10. The molecule has 4 nitrogen and oxygen atoms in total. The van der Waals surface area contributed by atoms with Gasteiger partial charge in [-0.05, 0) is 25.4 Å². The highest BCUT2D eigenvalue weighted by atomic mass is 32.2. The van der Waals surface area contributed by atoms with Gasteiger partial charge in [-0.3, -0.25) is 4.79 Å². The first-order valence-electron chi connectivity index (χ1n) is 4.71. The highest BCUT2D eigenvalue weighted by Crippen LogP contribution is 2.00. The lowest BCUT2D eigenvalue weighted by Gasteiger charge is -2.10. The van der Waals surface area contributed by atoms with Gasteiger partial charge in [0.2, 0.25) is 0 Å². The molecule has 0 rings (SSSR count). The third-order valence-electron chi connectivity index (χ3n) is 1.61. The molecule has 0 aromatic carbocycles. The molecule has 5 heteroatoms. The van der Waals surface area contributed by atoms with Crippen LogP contribution in [0.1, 0.15) is 13.3 Å². The normalized spacial score (nSPS) is 12.5. The number of esters is 1. The second-order valence-corrected chi connectivity index (χ2v) is 3.74. The summed E-state index contributed by atoms with van der Waals surface area (Å²) < 4.78 is 9.93. The van der Waals surface area contributed by atoms with Crippen LogP contribution in [-0.2, 0) is 14.3 Å². The van der Waals surface area contributed by atoms with Gasteiger partial charge in [0.15, 0.2) is 0 Å². The van der Waals surface area contributed by atoms with Gasteiger partial charge in [-0.25, -0.2) is 0 Å². The van der Waals surface area contributed by atoms with Crippen molar-refractivity contribution < 1.29 is 14.3 Å². The minimum absolute atomic E-state index is 0.291. The molecule has 0 aromatic heterocycles. The van der Waals surface area contributed by atoms with Crippen molar-refractivity contribution in [1.82, 2.24) is 0 Å². The number of nitrogens with two attached hydrogens (primary N) is 1. The average Bonchev–Trinajstić information content (AvgIpc) is 2.20. The first-order chi connectivity index (χ1) is 6.72. The Balaban J connectivity index is 3.42. The maximum atomic E-state index is 11.2. The molecule has 0 bridgehead atoms. The van der Waals surface area contributed by atoms with E-state index in [9.17, 15) is 4.79 Å². The Bertz CT molecular complexity index is 155. The van der Waals surface area contributed by atoms with Crippen LogP contribution >= 0.6 is 11.8 Å². The summed E-state index contributed by atoms with van der Waals surface area (Å²) in [4.78, 5) is 11.2. The Labute approximate surface area is 89.5 Å². The van der Waals surface area contributed by atoms with Crippen molar-refractivity contribution in [2.75, 3.05) is 31.8 Å². The van der Waals surface area contributed by atoms with Gasteiger partial charge in [0.25, 0.3) is 0 Å². The predicted octanol–water partition coefficient (Wildman–Crippen LogP) is 0.646. The van der Waals surface area contributed by atoms with Gasteiger partial charge in [0.05, 0.1) is 6.61 Å². The van der Waals surface area contributed by atoms with E-state index in [0.29, 0.717) is 26.2 Å². The Morgan fingerprint density at radius 3 is 2.79 bits per heavy atom. The molecule has 2 N–H and O–H groups in total. The molecule has 0 aromatic rings. The van der Waals surface area contributed by atoms with E-state index in [0.717, 1.165) is 5.75 Å². The summed E-state index contributed by atoms with van der Waals surface area (Å²) >= 11 is 1.67. The van der Waals surface area contributed by atoms with Crippen LogP contribution in [-0.4, -0.2) is 43.8 Å². The molecule has 0 aliphatic carbocycles. The molecule has 14 heavy (non-hydrogen) atoms. The summed E-state index contributed by atoms with van der Waals surface area (Å²) in [5, 5.41) is 0. The fourth-order valence-corrected chi connectivity index (χ4v) is 1.30. The second kappa shape index (κ2) is 9.30. The van der Waals surface area contributed by atoms with Crippen LogP contribution in [0.15, 0.2) is 0 Å². The second-order valence-electron chi connectivity index (χ2n) is 2.75. The van der Waals surface area contributed by atoms with Gasteiger partial charge in [-0.2, -0.15) is 11.8 Å². The minimum Gasteiger partial charge on any atom is -0.462 e. The van der Waals surface area contributed by atoms with Crippen molar-refractivity contribution in [2.24, 2.45) is 5.73 Å². The number of carbonyl (C=O) groups excluding carboxylic acids is 1. The summed E-state index contributed by atoms with van der Waals surface area (Å²) in [5.74, 6) is 0.542. The molecular weight excluding hydrogens is 202 g/mol. The van der Waals surface area contributed by atoms with E-state index >= 15 is 0 Å². The molecule has 0 saturated heterocycles. The van der Waals surface area contributed by atoms with Crippen LogP contribution in [0.25, 0.3) is 0 Å². The summed E-state index contributed by atoms with van der Waals surface area (Å²) in [6.07, 6.45) is 2.64. The summed E-state index contributed by atoms with van der Waals surface area (Å²) in [7, 11) is 0. The monoisotopic (exact) mass is 221 g/mol. The van der Waals surface area contributed by atoms with Crippen molar-refractivity contribution in [3.63, 3.8) is 0 Å². The zero-order valence-corrected chi connectivity index (χ0v) is 9.64. The van der Waals surface area contributed by atoms with Crippen LogP contribution in [0.5, 0.6) is 0 Å². The van der Waals surface area contributed by atoms with E-state index in [1.54, 1.807) is 11.8 Å². The Morgan fingerprint density at radius 2 is 2.21 bits per heavy atom. The molecular formula is C9H19NO3S. The Morgan fingerprint density at radius 1 is 1.50 bits per heavy atom. The fraction of sp³-hybridized carbons (Fsp3) is 0.889. The molecule has 0 spiro atoms. The number of thioether (sulfide) groups is 1. The van der Waals surface area contributed by atoms with Crippen LogP contribution in [0.3, 0.4) is 0 Å². The van der Waals surface area contributed by atoms with E-state index in [1.807, 2.05) is 13.2 Å². The van der Waals surface area contributed by atoms with Crippen molar-refractivity contribution in [3.8, 4) is 0 Å². The minimum atomic E-state index is -0.496. The molecule has 84 valence electrons. The smallest absolute Gasteiger partial charge is 0.323 e. The predicted molar refractivity (Wildman–Crippen MR) is 58.4 cm³/mol. The maximum absolute atomic E-state index is 11.2. The van der Waals surface area contributed by atoms with Crippen molar-refractivity contribution >= 4 is 17.7 Å². The summed E-state index contributed by atoms with van der Waals surface area (Å²) in [6, 6.07) is -0.496. The number of rotatable bonds is 8. The van der Waals surface area contributed by atoms with Crippen LogP contribution in [0.4, 0.5) is 0 Å². The Kier molecular flexibility index (Phi) is 9.13. The third kappa shape index (κ3) is 7.17. The Hall–Kier alpha value is -0.260. The van der Waals surface area contributed by atoms with Crippen LogP contribution < -0.4 is 5.73 Å². The molecule has 1 atom stereocenters. The zero-order valence-electron chi connectivity index (χ0n) is 8.82. The molecule has 0 saturated carbocycles. The number of hydrogen-bond acceptors (Lipinski definition) is 5. The molecule has 0 radical (unpaired) electrons. The molecule has 1 unspecified atom stereocenters. The van der Waals surface area contributed by atoms with Crippen molar-refractivity contribution in [3.05, 3.63) is 0 Å². The van der Waals surface area contributed by atoms with E-state index in [2.05, 4.69) is 0 Å². The first kappa shape index (κ1) is 13.7. The van der Waals surface area contributed by atoms with Gasteiger partial charge < -0.3 is 15.2 Å². The largest absolute Gasteiger partial charge is 0.462 e. The lowest BCUT2D eigenvalue weighted by atomic mass is 10.2. The molecule has 0 amide bonds. The van der Waals surface area contributed by atoms with Crippen LogP contribution in [0.2, 0.25) is 0 Å². The van der Waals surface area contributed by atoms with Gasteiger partial charge in [0.1, 0.15) is 12.6 Å². The molecule has 0 fully saturated rings. The standard InChI is InChI=1S/C9H19NO3S/c1-3-12-5-6-13-9(11)8(10)4-7-14-2/h8H,3-7,10H2,1-2H3. The van der Waals surface area contributed by atoms with Crippen molar-refractivity contribution in [1.29, 1.82) is 0 Å². The highest BCUT2D eigenvalue weighted by Gasteiger charge is 2.13. The lowest BCUT2D eigenvalue weighted by Crippen LogP contribution is -2.33.